The Kier molecular flexibility index (Phi) is 7.39. The molecule has 0 saturated heterocycles. The molecule has 2 amide bonds. The second kappa shape index (κ2) is 8.00. The van der Waals surface area contributed by atoms with Gasteiger partial charge in [0.2, 0.25) is 5.91 Å². The second-order valence-corrected chi connectivity index (χ2v) is 5.86. The second-order valence-electron chi connectivity index (χ2n) is 5.86. The minimum atomic E-state index is -0.302. The van der Waals surface area contributed by atoms with Crippen LogP contribution < -0.4 is 11.1 Å². The van der Waals surface area contributed by atoms with Crippen LogP contribution in [0, 0.1) is 0 Å². The Labute approximate surface area is 132 Å². The van der Waals surface area contributed by atoms with Crippen molar-refractivity contribution in [1.29, 1.82) is 0 Å². The molecule has 118 valence electrons. The van der Waals surface area contributed by atoms with E-state index in [-0.39, 0.29) is 36.3 Å². The Balaban J connectivity index is 0.00000400. The topological polar surface area (TPSA) is 75.4 Å². The van der Waals surface area contributed by atoms with Gasteiger partial charge in [-0.2, -0.15) is 0 Å². The van der Waals surface area contributed by atoms with Crippen molar-refractivity contribution < 1.29 is 9.59 Å². The van der Waals surface area contributed by atoms with E-state index in [0.29, 0.717) is 12.1 Å². The maximum atomic E-state index is 12.2. The Hall–Kier alpha value is -1.59. The molecule has 1 rings (SSSR count). The van der Waals surface area contributed by atoms with E-state index in [1.54, 1.807) is 19.2 Å². The van der Waals surface area contributed by atoms with Gasteiger partial charge in [0.1, 0.15) is 0 Å². The van der Waals surface area contributed by atoms with Gasteiger partial charge in [-0.15, -0.1) is 12.4 Å². The minimum Gasteiger partial charge on any atom is -0.350 e. The standard InChI is InChI=1S/C15H23N3O2.ClH/c1-15(2,3)17-13(19)10-18(4)14(20)12-7-5-11(9-16)6-8-12;/h5-8H,9-10,16H2,1-4H3,(H,17,19);1H. The summed E-state index contributed by atoms with van der Waals surface area (Å²) in [5, 5.41) is 2.83. The van der Waals surface area contributed by atoms with E-state index in [1.165, 1.54) is 4.90 Å². The van der Waals surface area contributed by atoms with Gasteiger partial charge in [0.05, 0.1) is 6.54 Å². The van der Waals surface area contributed by atoms with Gasteiger partial charge in [-0.25, -0.2) is 0 Å². The molecule has 21 heavy (non-hydrogen) atoms. The Morgan fingerprint density at radius 2 is 1.71 bits per heavy atom. The van der Waals surface area contributed by atoms with Crippen LogP contribution in [0.15, 0.2) is 24.3 Å². The lowest BCUT2D eigenvalue weighted by atomic mass is 10.1. The summed E-state index contributed by atoms with van der Waals surface area (Å²) in [6.45, 7) is 6.18. The molecule has 0 atom stereocenters. The molecular formula is C15H24ClN3O2. The number of carbonyl (C=O) groups excluding carboxylic acids is 2. The molecule has 0 unspecified atom stereocenters. The normalized spacial score (nSPS) is 10.5. The maximum Gasteiger partial charge on any atom is 0.254 e. The van der Waals surface area contributed by atoms with Gasteiger partial charge in [-0.05, 0) is 38.5 Å². The summed E-state index contributed by atoms with van der Waals surface area (Å²) in [7, 11) is 1.61. The SMILES string of the molecule is CN(CC(=O)NC(C)(C)C)C(=O)c1ccc(CN)cc1.Cl. The average Bonchev–Trinajstić information content (AvgIpc) is 2.35. The van der Waals surface area contributed by atoms with Crippen molar-refractivity contribution in [2.75, 3.05) is 13.6 Å². The van der Waals surface area contributed by atoms with Crippen molar-refractivity contribution in [2.45, 2.75) is 32.9 Å². The van der Waals surface area contributed by atoms with E-state index in [0.717, 1.165) is 5.56 Å². The maximum absolute atomic E-state index is 12.2. The van der Waals surface area contributed by atoms with Gasteiger partial charge in [0.15, 0.2) is 0 Å². The van der Waals surface area contributed by atoms with E-state index >= 15 is 0 Å². The molecule has 0 aliphatic carbocycles. The molecule has 0 bridgehead atoms. The lowest BCUT2D eigenvalue weighted by Gasteiger charge is -2.23. The van der Waals surface area contributed by atoms with Gasteiger partial charge < -0.3 is 16.0 Å². The molecule has 0 saturated carbocycles. The fourth-order valence-electron chi connectivity index (χ4n) is 1.75. The predicted molar refractivity (Wildman–Crippen MR) is 86.4 cm³/mol. The van der Waals surface area contributed by atoms with Crippen LogP contribution in [0.4, 0.5) is 0 Å². The van der Waals surface area contributed by atoms with E-state index in [2.05, 4.69) is 5.32 Å². The first-order valence-electron chi connectivity index (χ1n) is 6.58. The van der Waals surface area contributed by atoms with Crippen molar-refractivity contribution in [3.63, 3.8) is 0 Å². The molecule has 0 radical (unpaired) electrons. The predicted octanol–water partition coefficient (Wildman–Crippen LogP) is 1.55. The Morgan fingerprint density at radius 3 is 2.14 bits per heavy atom. The summed E-state index contributed by atoms with van der Waals surface area (Å²) in [5.74, 6) is -0.357. The number of benzene rings is 1. The fraction of sp³-hybridized carbons (Fsp3) is 0.467. The zero-order valence-electron chi connectivity index (χ0n) is 13.0. The number of nitrogens with one attached hydrogen (secondary N) is 1. The molecule has 0 heterocycles. The summed E-state index contributed by atoms with van der Waals surface area (Å²) in [6, 6.07) is 7.08. The first-order chi connectivity index (χ1) is 9.23. The molecule has 0 fully saturated rings. The number of amides is 2. The highest BCUT2D eigenvalue weighted by Crippen LogP contribution is 2.07. The van der Waals surface area contributed by atoms with Crippen molar-refractivity contribution >= 4 is 24.2 Å². The third-order valence-electron chi connectivity index (χ3n) is 2.68. The van der Waals surface area contributed by atoms with Crippen molar-refractivity contribution in [2.24, 2.45) is 5.73 Å². The zero-order chi connectivity index (χ0) is 15.3. The molecule has 5 nitrogen and oxygen atoms in total. The number of rotatable bonds is 4. The first-order valence-corrected chi connectivity index (χ1v) is 6.58. The number of hydrogen-bond acceptors (Lipinski definition) is 3. The van der Waals surface area contributed by atoms with Crippen molar-refractivity contribution in [3.8, 4) is 0 Å². The molecule has 0 spiro atoms. The van der Waals surface area contributed by atoms with E-state index < -0.39 is 0 Å². The third kappa shape index (κ3) is 6.60. The highest BCUT2D eigenvalue weighted by atomic mass is 35.5. The molecule has 0 aliphatic rings. The number of nitrogens with zero attached hydrogens (tertiary/aromatic N) is 1. The van der Waals surface area contributed by atoms with Crippen molar-refractivity contribution in [3.05, 3.63) is 35.4 Å². The first kappa shape index (κ1) is 19.4. The number of nitrogens with two attached hydrogens (primary N) is 1. The van der Waals surface area contributed by atoms with E-state index in [4.69, 9.17) is 5.73 Å². The molecule has 1 aromatic carbocycles. The van der Waals surface area contributed by atoms with Crippen LogP contribution in [-0.2, 0) is 11.3 Å². The van der Waals surface area contributed by atoms with Gasteiger partial charge in [0, 0.05) is 24.7 Å². The van der Waals surface area contributed by atoms with Crippen LogP contribution in [0.3, 0.4) is 0 Å². The van der Waals surface area contributed by atoms with Crippen LogP contribution in [0.25, 0.3) is 0 Å². The number of carbonyl (C=O) groups is 2. The summed E-state index contributed by atoms with van der Waals surface area (Å²) in [6.07, 6.45) is 0. The lowest BCUT2D eigenvalue weighted by Crippen LogP contribution is -2.46. The lowest BCUT2D eigenvalue weighted by molar-refractivity contribution is -0.122. The fourth-order valence-corrected chi connectivity index (χ4v) is 1.75. The van der Waals surface area contributed by atoms with Crippen LogP contribution >= 0.6 is 12.4 Å². The monoisotopic (exact) mass is 313 g/mol. The van der Waals surface area contributed by atoms with Crippen LogP contribution in [0.2, 0.25) is 0 Å². The third-order valence-corrected chi connectivity index (χ3v) is 2.68. The number of hydrogen-bond donors (Lipinski definition) is 2. The quantitative estimate of drug-likeness (QED) is 0.885. The number of halogens is 1. The average molecular weight is 314 g/mol. The molecule has 0 aromatic heterocycles. The zero-order valence-corrected chi connectivity index (χ0v) is 13.8. The minimum absolute atomic E-state index is 0. The van der Waals surface area contributed by atoms with E-state index in [1.807, 2.05) is 32.9 Å². The molecule has 1 aromatic rings. The smallest absolute Gasteiger partial charge is 0.254 e. The molecule has 0 aliphatic heterocycles. The molecule has 6 heteroatoms. The van der Waals surface area contributed by atoms with Gasteiger partial charge in [0.25, 0.3) is 5.91 Å². The van der Waals surface area contributed by atoms with Crippen molar-refractivity contribution in [1.82, 2.24) is 10.2 Å². The van der Waals surface area contributed by atoms with Gasteiger partial charge in [-0.1, -0.05) is 12.1 Å². The number of likely N-dealkylation sites (N-methyl/N-ethyl adjacent to an activating group) is 1. The summed E-state index contributed by atoms with van der Waals surface area (Å²) >= 11 is 0. The van der Waals surface area contributed by atoms with Crippen LogP contribution in [0.1, 0.15) is 36.7 Å². The van der Waals surface area contributed by atoms with Gasteiger partial charge in [-0.3, -0.25) is 9.59 Å². The van der Waals surface area contributed by atoms with Gasteiger partial charge >= 0.3 is 0 Å². The Bertz CT molecular complexity index is 481. The summed E-state index contributed by atoms with van der Waals surface area (Å²) in [4.78, 5) is 25.3. The largest absolute Gasteiger partial charge is 0.350 e. The molecular weight excluding hydrogens is 290 g/mol. The highest BCUT2D eigenvalue weighted by molar-refractivity contribution is 5.96. The highest BCUT2D eigenvalue weighted by Gasteiger charge is 2.18. The molecule has 3 N–H and O–H groups in total. The summed E-state index contributed by atoms with van der Waals surface area (Å²) < 4.78 is 0. The van der Waals surface area contributed by atoms with Crippen LogP contribution in [0.5, 0.6) is 0 Å². The summed E-state index contributed by atoms with van der Waals surface area (Å²) in [5.41, 5.74) is 6.73. The van der Waals surface area contributed by atoms with Crippen LogP contribution in [-0.4, -0.2) is 35.8 Å². The Morgan fingerprint density at radius 1 is 1.19 bits per heavy atom. The van der Waals surface area contributed by atoms with E-state index in [9.17, 15) is 9.59 Å².